The second-order valence-corrected chi connectivity index (χ2v) is 3.74. The van der Waals surface area contributed by atoms with Gasteiger partial charge in [-0.2, -0.15) is 0 Å². The highest BCUT2D eigenvalue weighted by molar-refractivity contribution is 5.68. The molecule has 14 heavy (non-hydrogen) atoms. The second-order valence-electron chi connectivity index (χ2n) is 3.74. The Morgan fingerprint density at radius 3 is 2.93 bits per heavy atom. The van der Waals surface area contributed by atoms with Crippen molar-refractivity contribution in [2.75, 3.05) is 0 Å². The number of hydrogen-bond donors (Lipinski definition) is 2. The lowest BCUT2D eigenvalue weighted by Crippen LogP contribution is -2.31. The molecule has 0 aliphatic heterocycles. The Labute approximate surface area is 82.0 Å². The highest BCUT2D eigenvalue weighted by Crippen LogP contribution is 2.35. The number of phenolic OH excluding ortho intramolecular Hbond substituents is 1. The number of benzene rings is 1. The van der Waals surface area contributed by atoms with Crippen LogP contribution in [0.15, 0.2) is 18.2 Å². The van der Waals surface area contributed by atoms with Crippen molar-refractivity contribution in [3.63, 3.8) is 0 Å². The van der Waals surface area contributed by atoms with Gasteiger partial charge in [0.2, 0.25) is 0 Å². The Hall–Kier alpha value is -1.35. The van der Waals surface area contributed by atoms with E-state index in [9.17, 15) is 15.0 Å². The summed E-state index contributed by atoms with van der Waals surface area (Å²) in [6, 6.07) is 4.74. The van der Waals surface area contributed by atoms with Gasteiger partial charge in [-0.05, 0) is 42.5 Å². The second kappa shape index (κ2) is 3.10. The molecule has 3 heteroatoms. The number of hydrogen-bond acceptors (Lipinski definition) is 3. The first-order valence-electron chi connectivity index (χ1n) is 4.67. The number of phenols is 1. The van der Waals surface area contributed by atoms with Crippen molar-refractivity contribution >= 4 is 6.29 Å². The van der Waals surface area contributed by atoms with E-state index in [2.05, 4.69) is 0 Å². The molecule has 0 spiro atoms. The van der Waals surface area contributed by atoms with Crippen molar-refractivity contribution in [2.45, 2.75) is 24.9 Å². The number of aldehydes is 1. The molecule has 1 aromatic carbocycles. The largest absolute Gasteiger partial charge is 0.508 e. The minimum atomic E-state index is -1.35. The summed E-state index contributed by atoms with van der Waals surface area (Å²) in [6.07, 6.45) is 2.63. The number of aliphatic hydroxyl groups is 1. The maximum Gasteiger partial charge on any atom is 0.156 e. The standard InChI is InChI=1S/C11H12O3/c12-7-11(14)5-1-2-8-6-9(13)3-4-10(8)11/h3-4,6-7,13-14H,1-2,5H2. The van der Waals surface area contributed by atoms with Crippen LogP contribution in [0.2, 0.25) is 0 Å². The van der Waals surface area contributed by atoms with Crippen LogP contribution in [0.5, 0.6) is 5.75 Å². The molecule has 0 saturated carbocycles. The molecule has 0 saturated heterocycles. The lowest BCUT2D eigenvalue weighted by molar-refractivity contribution is -0.126. The molecule has 1 atom stereocenters. The maximum atomic E-state index is 10.8. The van der Waals surface area contributed by atoms with Gasteiger partial charge in [0.15, 0.2) is 6.29 Å². The molecule has 0 fully saturated rings. The lowest BCUT2D eigenvalue weighted by Gasteiger charge is -2.29. The number of aryl methyl sites for hydroxylation is 1. The van der Waals surface area contributed by atoms with Gasteiger partial charge in [-0.15, -0.1) is 0 Å². The van der Waals surface area contributed by atoms with Crippen LogP contribution in [0, 0.1) is 0 Å². The van der Waals surface area contributed by atoms with E-state index in [4.69, 9.17) is 0 Å². The lowest BCUT2D eigenvalue weighted by atomic mass is 9.80. The van der Waals surface area contributed by atoms with E-state index in [0.29, 0.717) is 18.3 Å². The fraction of sp³-hybridized carbons (Fsp3) is 0.364. The fourth-order valence-corrected chi connectivity index (χ4v) is 2.01. The van der Waals surface area contributed by atoms with Crippen LogP contribution in [0.1, 0.15) is 24.0 Å². The monoisotopic (exact) mass is 192 g/mol. The first-order valence-corrected chi connectivity index (χ1v) is 4.67. The number of carbonyl (C=O) groups excluding carboxylic acids is 1. The molecule has 1 aliphatic carbocycles. The quantitative estimate of drug-likeness (QED) is 0.655. The zero-order chi connectivity index (χ0) is 10.2. The Morgan fingerprint density at radius 2 is 2.21 bits per heavy atom. The van der Waals surface area contributed by atoms with Gasteiger partial charge in [-0.25, -0.2) is 0 Å². The van der Waals surface area contributed by atoms with Gasteiger partial charge < -0.3 is 10.2 Å². The fourth-order valence-electron chi connectivity index (χ4n) is 2.01. The van der Waals surface area contributed by atoms with Crippen molar-refractivity contribution < 1.29 is 15.0 Å². The summed E-state index contributed by atoms with van der Waals surface area (Å²) in [6.45, 7) is 0. The Kier molecular flexibility index (Phi) is 2.04. The molecule has 2 N–H and O–H groups in total. The SMILES string of the molecule is O=CC1(O)CCCc2cc(O)ccc21. The van der Waals surface area contributed by atoms with Crippen LogP contribution in [-0.4, -0.2) is 16.5 Å². The van der Waals surface area contributed by atoms with Crippen molar-refractivity contribution in [1.29, 1.82) is 0 Å². The van der Waals surface area contributed by atoms with E-state index in [1.54, 1.807) is 12.1 Å². The third-order valence-corrected chi connectivity index (χ3v) is 2.75. The Balaban J connectivity index is 2.55. The first-order chi connectivity index (χ1) is 6.65. The van der Waals surface area contributed by atoms with Crippen LogP contribution in [0.4, 0.5) is 0 Å². The summed E-state index contributed by atoms with van der Waals surface area (Å²) in [7, 11) is 0. The van der Waals surface area contributed by atoms with E-state index in [1.165, 1.54) is 6.07 Å². The molecule has 2 rings (SSSR count). The zero-order valence-electron chi connectivity index (χ0n) is 7.73. The van der Waals surface area contributed by atoms with Crippen molar-refractivity contribution in [1.82, 2.24) is 0 Å². The molecule has 3 nitrogen and oxygen atoms in total. The van der Waals surface area contributed by atoms with Crippen LogP contribution in [0.25, 0.3) is 0 Å². The average molecular weight is 192 g/mol. The molecule has 74 valence electrons. The molecule has 1 aliphatic rings. The summed E-state index contributed by atoms with van der Waals surface area (Å²) in [5, 5.41) is 19.2. The summed E-state index contributed by atoms with van der Waals surface area (Å²) in [4.78, 5) is 10.8. The molecule has 1 aromatic rings. The van der Waals surface area contributed by atoms with Gasteiger partial charge in [0.05, 0.1) is 0 Å². The summed E-state index contributed by atoms with van der Waals surface area (Å²) in [5.74, 6) is 0.180. The third-order valence-electron chi connectivity index (χ3n) is 2.75. The van der Waals surface area contributed by atoms with E-state index in [0.717, 1.165) is 18.4 Å². The van der Waals surface area contributed by atoms with E-state index >= 15 is 0 Å². The van der Waals surface area contributed by atoms with Gasteiger partial charge in [0, 0.05) is 0 Å². The number of aromatic hydroxyl groups is 1. The molecular weight excluding hydrogens is 180 g/mol. The van der Waals surface area contributed by atoms with Crippen LogP contribution in [-0.2, 0) is 16.8 Å². The molecule has 0 amide bonds. The van der Waals surface area contributed by atoms with E-state index < -0.39 is 5.60 Å². The first kappa shape index (κ1) is 9.21. The van der Waals surface area contributed by atoms with Gasteiger partial charge in [-0.1, -0.05) is 6.07 Å². The van der Waals surface area contributed by atoms with Gasteiger partial charge in [-0.3, -0.25) is 4.79 Å². The van der Waals surface area contributed by atoms with E-state index in [-0.39, 0.29) is 5.75 Å². The van der Waals surface area contributed by atoms with Gasteiger partial charge in [0.25, 0.3) is 0 Å². The van der Waals surface area contributed by atoms with Crippen molar-refractivity contribution in [2.24, 2.45) is 0 Å². The van der Waals surface area contributed by atoms with Crippen LogP contribution < -0.4 is 0 Å². The van der Waals surface area contributed by atoms with Crippen molar-refractivity contribution in [3.05, 3.63) is 29.3 Å². The summed E-state index contributed by atoms with van der Waals surface area (Å²) >= 11 is 0. The topological polar surface area (TPSA) is 57.5 Å². The van der Waals surface area contributed by atoms with E-state index in [1.807, 2.05) is 0 Å². The average Bonchev–Trinajstić information content (AvgIpc) is 2.18. The number of fused-ring (bicyclic) bond motifs is 1. The molecule has 0 radical (unpaired) electrons. The molecular formula is C11H12O3. The maximum absolute atomic E-state index is 10.8. The highest BCUT2D eigenvalue weighted by atomic mass is 16.3. The molecule has 0 bridgehead atoms. The van der Waals surface area contributed by atoms with Crippen molar-refractivity contribution in [3.8, 4) is 5.75 Å². The predicted molar refractivity (Wildman–Crippen MR) is 51.0 cm³/mol. The van der Waals surface area contributed by atoms with Gasteiger partial charge >= 0.3 is 0 Å². The number of carbonyl (C=O) groups is 1. The minimum absolute atomic E-state index is 0.180. The van der Waals surface area contributed by atoms with Crippen LogP contribution in [0.3, 0.4) is 0 Å². The molecule has 0 heterocycles. The van der Waals surface area contributed by atoms with Crippen LogP contribution >= 0.6 is 0 Å². The zero-order valence-corrected chi connectivity index (χ0v) is 7.73. The normalized spacial score (nSPS) is 25.5. The highest BCUT2D eigenvalue weighted by Gasteiger charge is 2.33. The smallest absolute Gasteiger partial charge is 0.156 e. The third kappa shape index (κ3) is 1.30. The predicted octanol–water partition coefficient (Wildman–Crippen LogP) is 1.11. The summed E-state index contributed by atoms with van der Waals surface area (Å²) in [5.41, 5.74) is 0.156. The van der Waals surface area contributed by atoms with Gasteiger partial charge in [0.1, 0.15) is 11.4 Å². The molecule has 1 unspecified atom stereocenters. The summed E-state index contributed by atoms with van der Waals surface area (Å²) < 4.78 is 0. The Bertz CT molecular complexity index is 373. The molecule has 0 aromatic heterocycles. The Morgan fingerprint density at radius 1 is 1.43 bits per heavy atom. The number of rotatable bonds is 1. The minimum Gasteiger partial charge on any atom is -0.508 e.